The Morgan fingerprint density at radius 3 is 2.78 bits per heavy atom. The smallest absolute Gasteiger partial charge is 0.255 e. The van der Waals surface area contributed by atoms with Gasteiger partial charge in [-0.1, -0.05) is 18.2 Å². The number of anilines is 1. The Kier molecular flexibility index (Phi) is 7.54. The third-order valence-electron chi connectivity index (χ3n) is 6.20. The van der Waals surface area contributed by atoms with Gasteiger partial charge in [0.05, 0.1) is 17.1 Å². The van der Waals surface area contributed by atoms with Crippen LogP contribution in [0.2, 0.25) is 0 Å². The predicted molar refractivity (Wildman–Crippen MR) is 142 cm³/mol. The fourth-order valence-corrected chi connectivity index (χ4v) is 4.53. The number of rotatable bonds is 8. The van der Waals surface area contributed by atoms with Crippen LogP contribution in [-0.2, 0) is 4.79 Å². The number of amides is 2. The molecule has 2 aliphatic rings. The molecule has 0 bridgehead atoms. The lowest BCUT2D eigenvalue weighted by atomic mass is 9.89. The summed E-state index contributed by atoms with van der Waals surface area (Å²) in [6.45, 7) is 7.48. The zero-order valence-corrected chi connectivity index (χ0v) is 21.9. The topological polar surface area (TPSA) is 90.7 Å². The van der Waals surface area contributed by atoms with E-state index in [1.807, 2.05) is 45.3 Å². The van der Waals surface area contributed by atoms with Gasteiger partial charge in [0.1, 0.15) is 17.3 Å². The van der Waals surface area contributed by atoms with Crippen LogP contribution in [0.25, 0.3) is 16.9 Å². The molecule has 2 N–H and O–H groups in total. The Bertz CT molecular complexity index is 1240. The second-order valence-corrected chi connectivity index (χ2v) is 10.3. The lowest BCUT2D eigenvalue weighted by Gasteiger charge is -2.25. The molecule has 2 aromatic heterocycles. The summed E-state index contributed by atoms with van der Waals surface area (Å²) in [6, 6.07) is 3.49. The fraction of sp³-hybridized carbons (Fsp3) is 0.370. The van der Waals surface area contributed by atoms with Crippen molar-refractivity contribution in [1.82, 2.24) is 20.1 Å². The second-order valence-electron chi connectivity index (χ2n) is 9.45. The average molecular weight is 510 g/mol. The summed E-state index contributed by atoms with van der Waals surface area (Å²) in [6.07, 6.45) is 13.0. The summed E-state index contributed by atoms with van der Waals surface area (Å²) < 4.78 is 6.33. The molecule has 3 heterocycles. The average Bonchev–Trinajstić information content (AvgIpc) is 3.43. The predicted octanol–water partition coefficient (Wildman–Crippen LogP) is 4.75. The van der Waals surface area contributed by atoms with Crippen molar-refractivity contribution in [2.45, 2.75) is 38.5 Å². The lowest BCUT2D eigenvalue weighted by molar-refractivity contribution is -0.114. The molecule has 0 aromatic carbocycles. The molecule has 2 aromatic rings. The van der Waals surface area contributed by atoms with Crippen LogP contribution in [0.15, 0.2) is 53.4 Å². The van der Waals surface area contributed by atoms with Gasteiger partial charge in [-0.05, 0) is 44.4 Å². The molecule has 0 radical (unpaired) electrons. The first-order valence-corrected chi connectivity index (χ1v) is 12.4. The zero-order chi connectivity index (χ0) is 25.9. The van der Waals surface area contributed by atoms with Gasteiger partial charge in [-0.2, -0.15) is 0 Å². The third-order valence-corrected chi connectivity index (χ3v) is 6.56. The molecular weight excluding hydrogens is 478 g/mol. The number of carbonyl (C=O) groups excluding carboxylic acids is 2. The highest BCUT2D eigenvalue weighted by atomic mass is 35.5. The largest absolute Gasteiger partial charge is 0.455 e. The van der Waals surface area contributed by atoms with Gasteiger partial charge in [-0.25, -0.2) is 4.98 Å². The Labute approximate surface area is 216 Å². The maximum Gasteiger partial charge on any atom is 0.255 e. The molecule has 0 fully saturated rings. The molecule has 0 saturated heterocycles. The first-order valence-electron chi connectivity index (χ1n) is 12.0. The van der Waals surface area contributed by atoms with E-state index >= 15 is 0 Å². The van der Waals surface area contributed by atoms with Crippen LogP contribution in [0.1, 0.15) is 48.4 Å². The number of alkyl halides is 1. The molecule has 1 atom stereocenters. The van der Waals surface area contributed by atoms with Crippen molar-refractivity contribution >= 4 is 34.8 Å². The van der Waals surface area contributed by atoms with Gasteiger partial charge in [0.2, 0.25) is 5.91 Å². The van der Waals surface area contributed by atoms with E-state index in [9.17, 15) is 9.59 Å². The van der Waals surface area contributed by atoms with Crippen molar-refractivity contribution in [2.24, 2.45) is 0 Å². The summed E-state index contributed by atoms with van der Waals surface area (Å²) in [7, 11) is 2.03. The van der Waals surface area contributed by atoms with Crippen LogP contribution in [0, 0.1) is 6.92 Å². The van der Waals surface area contributed by atoms with Crippen molar-refractivity contribution in [3.8, 4) is 11.3 Å². The maximum absolute atomic E-state index is 13.3. The first-order chi connectivity index (χ1) is 17.1. The number of nitrogens with one attached hydrogen (secondary N) is 2. The Morgan fingerprint density at radius 2 is 2.08 bits per heavy atom. The van der Waals surface area contributed by atoms with E-state index in [2.05, 4.69) is 31.6 Å². The number of aromatic nitrogens is 1. The van der Waals surface area contributed by atoms with Crippen molar-refractivity contribution in [1.29, 1.82) is 0 Å². The monoisotopic (exact) mass is 509 g/mol. The Hall–Kier alpha value is -3.52. The number of nitrogens with zero attached hydrogens (tertiary/aromatic N) is 3. The second kappa shape index (κ2) is 10.6. The van der Waals surface area contributed by atoms with Gasteiger partial charge >= 0.3 is 0 Å². The number of hydrogen-bond acceptors (Lipinski definition) is 6. The molecule has 8 nitrogen and oxygen atoms in total. The normalized spacial score (nSPS) is 19.0. The molecule has 9 heteroatoms. The van der Waals surface area contributed by atoms with Crippen LogP contribution >= 0.6 is 11.6 Å². The molecule has 0 spiro atoms. The summed E-state index contributed by atoms with van der Waals surface area (Å²) in [4.78, 5) is 32.7. The van der Waals surface area contributed by atoms with Gasteiger partial charge < -0.3 is 24.9 Å². The Morgan fingerprint density at radius 1 is 1.28 bits per heavy atom. The summed E-state index contributed by atoms with van der Waals surface area (Å²) in [5, 5.41) is 5.74. The van der Waals surface area contributed by atoms with E-state index < -0.39 is 4.87 Å². The number of pyridine rings is 1. The van der Waals surface area contributed by atoms with E-state index in [1.54, 1.807) is 18.3 Å². The van der Waals surface area contributed by atoms with E-state index in [0.29, 0.717) is 35.9 Å². The lowest BCUT2D eigenvalue weighted by Crippen LogP contribution is -2.29. The molecule has 1 aliphatic carbocycles. The standard InChI is InChI=1S/C27H32ClN5O3/c1-18-16-30-24(31-19(2)34)15-20(18)23-14-21(25(36-23)22-8-5-6-9-27(22,3)28)26(35)29-10-7-11-33-13-12-32(4)17-33/h5-6,8,12-16H,7,9-11,17H2,1-4H3,(H,29,35)(H,30,31,34). The number of halogens is 1. The van der Waals surface area contributed by atoms with Crippen LogP contribution in [0.3, 0.4) is 0 Å². The molecule has 2 amide bonds. The van der Waals surface area contributed by atoms with E-state index in [1.165, 1.54) is 6.92 Å². The van der Waals surface area contributed by atoms with E-state index in [-0.39, 0.29) is 11.8 Å². The van der Waals surface area contributed by atoms with Crippen LogP contribution in [0.4, 0.5) is 5.82 Å². The van der Waals surface area contributed by atoms with Crippen LogP contribution in [0.5, 0.6) is 0 Å². The summed E-state index contributed by atoms with van der Waals surface area (Å²) in [5.74, 6) is 0.938. The first kappa shape index (κ1) is 25.6. The minimum absolute atomic E-state index is 0.217. The van der Waals surface area contributed by atoms with Gasteiger partial charge in [0.15, 0.2) is 0 Å². The minimum atomic E-state index is -0.707. The molecule has 36 heavy (non-hydrogen) atoms. The Balaban J connectivity index is 1.61. The van der Waals surface area contributed by atoms with Crippen molar-refractivity contribution in [3.05, 3.63) is 65.8 Å². The highest BCUT2D eigenvalue weighted by Gasteiger charge is 2.33. The summed E-state index contributed by atoms with van der Waals surface area (Å²) in [5.41, 5.74) is 2.77. The van der Waals surface area contributed by atoms with Crippen molar-refractivity contribution < 1.29 is 14.0 Å². The molecule has 1 unspecified atom stereocenters. The van der Waals surface area contributed by atoms with E-state index in [4.69, 9.17) is 16.0 Å². The van der Waals surface area contributed by atoms with Gasteiger partial charge in [0, 0.05) is 56.8 Å². The number of carbonyl (C=O) groups is 2. The highest BCUT2D eigenvalue weighted by molar-refractivity contribution is 6.30. The minimum Gasteiger partial charge on any atom is -0.455 e. The fourth-order valence-electron chi connectivity index (χ4n) is 4.29. The van der Waals surface area contributed by atoms with Crippen molar-refractivity contribution in [3.63, 3.8) is 0 Å². The SMILES string of the molecule is CC(=O)Nc1cc(-c2cc(C(=O)NCCCN3C=CN(C)C3)c(C3=CC=CCC3(C)Cl)o2)c(C)cn1. The number of allylic oxidation sites excluding steroid dienone is 4. The molecule has 190 valence electrons. The number of hydrogen-bond donors (Lipinski definition) is 2. The van der Waals surface area contributed by atoms with Crippen LogP contribution in [-0.4, -0.2) is 58.3 Å². The zero-order valence-electron chi connectivity index (χ0n) is 21.1. The van der Waals surface area contributed by atoms with Crippen molar-refractivity contribution in [2.75, 3.05) is 32.1 Å². The maximum atomic E-state index is 13.3. The number of aryl methyl sites for hydroxylation is 1. The van der Waals surface area contributed by atoms with Crippen LogP contribution < -0.4 is 10.6 Å². The quantitative estimate of drug-likeness (QED) is 0.394. The molecular formula is C27H32ClN5O3. The molecule has 4 rings (SSSR count). The van der Waals surface area contributed by atoms with E-state index in [0.717, 1.165) is 36.3 Å². The van der Waals surface area contributed by atoms with Gasteiger partial charge in [-0.15, -0.1) is 11.6 Å². The molecule has 0 saturated carbocycles. The molecule has 1 aliphatic heterocycles. The summed E-state index contributed by atoms with van der Waals surface area (Å²) >= 11 is 6.84. The van der Waals surface area contributed by atoms with Gasteiger partial charge in [0.25, 0.3) is 5.91 Å². The highest BCUT2D eigenvalue weighted by Crippen LogP contribution is 2.42. The van der Waals surface area contributed by atoms with Gasteiger partial charge in [-0.3, -0.25) is 9.59 Å². The number of furan rings is 1. The third kappa shape index (κ3) is 5.82.